The third-order valence-corrected chi connectivity index (χ3v) is 5.17. The van der Waals surface area contributed by atoms with Gasteiger partial charge in [0.25, 0.3) is 5.79 Å². The summed E-state index contributed by atoms with van der Waals surface area (Å²) in [4.78, 5) is 25.2. The predicted octanol–water partition coefficient (Wildman–Crippen LogP) is 4.40. The highest BCUT2D eigenvalue weighted by Gasteiger charge is 2.47. The summed E-state index contributed by atoms with van der Waals surface area (Å²) in [6.45, 7) is 15.9. The maximum Gasteiger partial charge on any atom is 0.325 e. The van der Waals surface area contributed by atoms with E-state index in [2.05, 4.69) is 51.9 Å². The molecule has 0 aromatic heterocycles. The van der Waals surface area contributed by atoms with Crippen molar-refractivity contribution in [3.63, 3.8) is 0 Å². The van der Waals surface area contributed by atoms with Crippen molar-refractivity contribution in [2.45, 2.75) is 71.4 Å². The lowest BCUT2D eigenvalue weighted by Gasteiger charge is -2.34. The van der Waals surface area contributed by atoms with E-state index in [4.69, 9.17) is 9.47 Å². The van der Waals surface area contributed by atoms with Gasteiger partial charge >= 0.3 is 11.9 Å². The molecule has 0 saturated carbocycles. The van der Waals surface area contributed by atoms with Crippen LogP contribution in [-0.2, 0) is 24.5 Å². The Kier molecular flexibility index (Phi) is 5.63. The second-order valence-electron chi connectivity index (χ2n) is 9.59. The summed E-state index contributed by atoms with van der Waals surface area (Å²) in [7, 11) is -1.69. The molecule has 1 heterocycles. The van der Waals surface area contributed by atoms with Crippen LogP contribution in [-0.4, -0.2) is 25.8 Å². The van der Waals surface area contributed by atoms with Gasteiger partial charge in [0.1, 0.15) is 8.07 Å². The number of carbonyl (C=O) groups excluding carboxylic acids is 2. The molecule has 1 aromatic carbocycles. The summed E-state index contributed by atoms with van der Waals surface area (Å²) in [5.74, 6) is -0.841. The molecule has 0 aliphatic carbocycles. The van der Waals surface area contributed by atoms with Crippen LogP contribution in [0.4, 0.5) is 0 Å². The average Bonchev–Trinajstić information content (AvgIpc) is 2.47. The highest BCUT2D eigenvalue weighted by Crippen LogP contribution is 2.34. The number of hydrogen-bond donors (Lipinski definition) is 0. The number of hydrogen-bond acceptors (Lipinski definition) is 4. The minimum Gasteiger partial charge on any atom is -0.422 e. The molecular formula is C22H30O4Si. The molecule has 5 heteroatoms. The van der Waals surface area contributed by atoms with Crippen molar-refractivity contribution in [1.82, 2.24) is 0 Å². The van der Waals surface area contributed by atoms with E-state index >= 15 is 0 Å². The highest BCUT2D eigenvalue weighted by atomic mass is 28.3. The van der Waals surface area contributed by atoms with Crippen molar-refractivity contribution in [1.29, 1.82) is 0 Å². The van der Waals surface area contributed by atoms with Crippen molar-refractivity contribution in [2.24, 2.45) is 5.92 Å². The minimum atomic E-state index is -1.69. The van der Waals surface area contributed by atoms with Crippen LogP contribution < -0.4 is 0 Å². The van der Waals surface area contributed by atoms with Crippen molar-refractivity contribution in [3.05, 3.63) is 35.4 Å². The summed E-state index contributed by atoms with van der Waals surface area (Å²) < 4.78 is 10.7. The Bertz CT molecular complexity index is 763. The van der Waals surface area contributed by atoms with Gasteiger partial charge < -0.3 is 9.47 Å². The topological polar surface area (TPSA) is 52.6 Å². The van der Waals surface area contributed by atoms with Gasteiger partial charge in [-0.2, -0.15) is 0 Å². The van der Waals surface area contributed by atoms with Gasteiger partial charge in [0.15, 0.2) is 5.92 Å². The summed E-state index contributed by atoms with van der Waals surface area (Å²) in [5, 5.41) is 0. The summed E-state index contributed by atoms with van der Waals surface area (Å²) in [5.41, 5.74) is 5.32. The Morgan fingerprint density at radius 3 is 1.89 bits per heavy atom. The molecule has 0 spiro atoms. The molecule has 27 heavy (non-hydrogen) atoms. The molecule has 0 radical (unpaired) electrons. The zero-order chi connectivity index (χ0) is 20.6. The molecule has 1 saturated heterocycles. The van der Waals surface area contributed by atoms with Gasteiger partial charge in [-0.3, -0.25) is 9.59 Å². The van der Waals surface area contributed by atoms with E-state index in [1.54, 1.807) is 13.8 Å². The van der Waals surface area contributed by atoms with E-state index < -0.39 is 37.6 Å². The first-order chi connectivity index (χ1) is 12.2. The molecule has 0 amide bonds. The van der Waals surface area contributed by atoms with Gasteiger partial charge in [0.05, 0.1) is 5.92 Å². The smallest absolute Gasteiger partial charge is 0.325 e. The quantitative estimate of drug-likeness (QED) is 0.327. The van der Waals surface area contributed by atoms with Crippen molar-refractivity contribution < 1.29 is 19.1 Å². The molecule has 0 unspecified atom stereocenters. The Labute approximate surface area is 163 Å². The number of carbonyl (C=O) groups is 2. The number of rotatable bonds is 2. The Balaban J connectivity index is 2.48. The minimum absolute atomic E-state index is 0.0186. The van der Waals surface area contributed by atoms with Gasteiger partial charge in [-0.1, -0.05) is 64.7 Å². The molecule has 0 N–H and O–H groups in total. The number of cyclic esters (lactones) is 2. The van der Waals surface area contributed by atoms with Crippen LogP contribution in [0.2, 0.25) is 19.6 Å². The predicted molar refractivity (Wildman–Crippen MR) is 109 cm³/mol. The maximum atomic E-state index is 12.6. The van der Waals surface area contributed by atoms with E-state index in [1.807, 2.05) is 24.3 Å². The van der Waals surface area contributed by atoms with Crippen molar-refractivity contribution >= 4 is 20.0 Å². The normalized spacial score (nSPS) is 18.8. The number of benzene rings is 1. The van der Waals surface area contributed by atoms with Crippen LogP contribution in [0.1, 0.15) is 51.7 Å². The first-order valence-corrected chi connectivity index (χ1v) is 12.8. The van der Waals surface area contributed by atoms with Crippen LogP contribution in [0, 0.1) is 17.4 Å². The molecule has 0 bridgehead atoms. The third kappa shape index (κ3) is 5.46. The zero-order valence-corrected chi connectivity index (χ0v) is 18.6. The Morgan fingerprint density at radius 2 is 1.48 bits per heavy atom. The summed E-state index contributed by atoms with van der Waals surface area (Å²) >= 11 is 0. The standard InChI is InChI=1S/C22H30O4Si/c1-21(2,3)16-11-9-15(10-12-16)17(13-14-27(6,7)8)18-19(23)25-22(4,5)26-20(18)24/h9-12,17-18H,1-8H3/t17-/m1/s1. The summed E-state index contributed by atoms with van der Waals surface area (Å²) in [6, 6.07) is 7.96. The van der Waals surface area contributed by atoms with E-state index in [9.17, 15) is 9.59 Å². The number of ether oxygens (including phenoxy) is 2. The van der Waals surface area contributed by atoms with Gasteiger partial charge in [0.2, 0.25) is 0 Å². The van der Waals surface area contributed by atoms with E-state index in [1.165, 1.54) is 5.56 Å². The first-order valence-electron chi connectivity index (χ1n) is 9.28. The molecule has 2 rings (SSSR count). The van der Waals surface area contributed by atoms with Crippen LogP contribution in [0.15, 0.2) is 24.3 Å². The third-order valence-electron chi connectivity index (χ3n) is 4.27. The fraction of sp³-hybridized carbons (Fsp3) is 0.545. The van der Waals surface area contributed by atoms with Gasteiger partial charge in [-0.25, -0.2) is 0 Å². The summed E-state index contributed by atoms with van der Waals surface area (Å²) in [6.07, 6.45) is 0. The van der Waals surface area contributed by atoms with E-state index in [0.717, 1.165) is 5.56 Å². The maximum absolute atomic E-state index is 12.6. The molecule has 1 fully saturated rings. The lowest BCUT2D eigenvalue weighted by Crippen LogP contribution is -2.48. The fourth-order valence-electron chi connectivity index (χ4n) is 2.84. The second-order valence-corrected chi connectivity index (χ2v) is 14.3. The second kappa shape index (κ2) is 7.16. The van der Waals surface area contributed by atoms with Crippen LogP contribution in [0.25, 0.3) is 0 Å². The van der Waals surface area contributed by atoms with Crippen molar-refractivity contribution in [2.75, 3.05) is 0 Å². The van der Waals surface area contributed by atoms with Crippen LogP contribution in [0.5, 0.6) is 0 Å². The Morgan fingerprint density at radius 1 is 1.00 bits per heavy atom. The van der Waals surface area contributed by atoms with E-state index in [-0.39, 0.29) is 5.41 Å². The molecule has 4 nitrogen and oxygen atoms in total. The fourth-order valence-corrected chi connectivity index (χ4v) is 3.43. The largest absolute Gasteiger partial charge is 0.422 e. The monoisotopic (exact) mass is 386 g/mol. The molecular weight excluding hydrogens is 356 g/mol. The molecule has 1 aliphatic rings. The first kappa shape index (κ1) is 21.2. The zero-order valence-electron chi connectivity index (χ0n) is 17.6. The lowest BCUT2D eigenvalue weighted by atomic mass is 9.82. The number of esters is 2. The van der Waals surface area contributed by atoms with Gasteiger partial charge in [-0.15, -0.1) is 11.5 Å². The molecule has 1 atom stereocenters. The van der Waals surface area contributed by atoms with Crippen LogP contribution >= 0.6 is 0 Å². The molecule has 1 aromatic rings. The van der Waals surface area contributed by atoms with Gasteiger partial charge in [0, 0.05) is 13.8 Å². The highest BCUT2D eigenvalue weighted by molar-refractivity contribution is 6.83. The average molecular weight is 387 g/mol. The van der Waals surface area contributed by atoms with Gasteiger partial charge in [-0.05, 0) is 16.5 Å². The van der Waals surface area contributed by atoms with E-state index in [0.29, 0.717) is 0 Å². The SMILES string of the molecule is CC1(C)OC(=O)C([C@H](C#C[Si](C)(C)C)c2ccc(C(C)(C)C)cc2)C(=O)O1. The lowest BCUT2D eigenvalue weighted by molar-refractivity contribution is -0.240. The molecule has 1 aliphatic heterocycles. The Hall–Kier alpha value is -2.06. The van der Waals surface area contributed by atoms with Crippen LogP contribution in [0.3, 0.4) is 0 Å². The molecule has 146 valence electrons. The van der Waals surface area contributed by atoms with Crippen molar-refractivity contribution in [3.8, 4) is 11.5 Å².